The number of rotatable bonds is 5. The summed E-state index contributed by atoms with van der Waals surface area (Å²) < 4.78 is 5.14. The number of hydrogen-bond donors (Lipinski definition) is 2. The fourth-order valence-corrected chi connectivity index (χ4v) is 2.64. The van der Waals surface area contributed by atoms with Gasteiger partial charge in [0, 0.05) is 11.3 Å². The Morgan fingerprint density at radius 2 is 2.00 bits per heavy atom. The molecule has 102 valence electrons. The van der Waals surface area contributed by atoms with Gasteiger partial charge < -0.3 is 10.5 Å². The minimum atomic E-state index is -0.0743. The molecule has 3 N–H and O–H groups in total. The first kappa shape index (κ1) is 13.9. The SMILES string of the molecule is COc1ccc(C(N)C(C)Sc2n[nH]c(C)n2)cc1. The standard InChI is InChI=1S/C13H18N4OS/c1-8(19-13-15-9(2)16-17-13)12(14)10-4-6-11(18-3)7-5-10/h4-8,12H,14H2,1-3H3,(H,15,16,17). The van der Waals surface area contributed by atoms with Crippen LogP contribution in [0, 0.1) is 6.92 Å². The maximum absolute atomic E-state index is 6.26. The molecule has 0 aliphatic heterocycles. The summed E-state index contributed by atoms with van der Waals surface area (Å²) in [6.45, 7) is 3.95. The number of benzene rings is 1. The largest absolute Gasteiger partial charge is 0.497 e. The average Bonchev–Trinajstić information content (AvgIpc) is 2.83. The van der Waals surface area contributed by atoms with Crippen molar-refractivity contribution in [2.24, 2.45) is 5.73 Å². The van der Waals surface area contributed by atoms with Crippen LogP contribution < -0.4 is 10.5 Å². The third-order valence-corrected chi connectivity index (χ3v) is 3.93. The molecule has 0 fully saturated rings. The Kier molecular flexibility index (Phi) is 4.44. The van der Waals surface area contributed by atoms with Gasteiger partial charge in [-0.3, -0.25) is 5.10 Å². The Morgan fingerprint density at radius 3 is 2.53 bits per heavy atom. The topological polar surface area (TPSA) is 76.8 Å². The number of nitrogens with one attached hydrogen (secondary N) is 1. The summed E-state index contributed by atoms with van der Waals surface area (Å²) in [5, 5.41) is 7.85. The Hall–Kier alpha value is -1.53. The van der Waals surface area contributed by atoms with Gasteiger partial charge in [0.2, 0.25) is 5.16 Å². The van der Waals surface area contributed by atoms with Crippen molar-refractivity contribution in [1.82, 2.24) is 15.2 Å². The van der Waals surface area contributed by atoms with Crippen molar-refractivity contribution in [3.05, 3.63) is 35.7 Å². The summed E-state index contributed by atoms with van der Waals surface area (Å²) in [4.78, 5) is 4.27. The van der Waals surface area contributed by atoms with Crippen molar-refractivity contribution in [2.45, 2.75) is 30.3 Å². The second-order valence-corrected chi connectivity index (χ2v) is 5.67. The van der Waals surface area contributed by atoms with Crippen LogP contribution in [0.1, 0.15) is 24.4 Å². The Bertz CT molecular complexity index is 526. The molecule has 1 aromatic carbocycles. The highest BCUT2D eigenvalue weighted by Crippen LogP contribution is 2.29. The van der Waals surface area contributed by atoms with E-state index in [0.717, 1.165) is 22.3 Å². The molecule has 0 aliphatic rings. The first-order valence-corrected chi connectivity index (χ1v) is 6.93. The number of aromatic nitrogens is 3. The van der Waals surface area contributed by atoms with Gasteiger partial charge in [0.05, 0.1) is 7.11 Å². The first-order chi connectivity index (χ1) is 9.10. The highest BCUT2D eigenvalue weighted by molar-refractivity contribution is 7.99. The molecule has 0 bridgehead atoms. The van der Waals surface area contributed by atoms with Crippen LogP contribution in [-0.2, 0) is 0 Å². The second kappa shape index (κ2) is 6.08. The lowest BCUT2D eigenvalue weighted by atomic mass is 10.1. The molecular weight excluding hydrogens is 260 g/mol. The van der Waals surface area contributed by atoms with Crippen molar-refractivity contribution in [3.8, 4) is 5.75 Å². The van der Waals surface area contributed by atoms with Gasteiger partial charge in [0.25, 0.3) is 0 Å². The number of methoxy groups -OCH3 is 1. The van der Waals surface area contributed by atoms with E-state index in [1.165, 1.54) is 0 Å². The van der Waals surface area contributed by atoms with Crippen molar-refractivity contribution >= 4 is 11.8 Å². The first-order valence-electron chi connectivity index (χ1n) is 6.05. The molecule has 0 aliphatic carbocycles. The van der Waals surface area contributed by atoms with Crippen molar-refractivity contribution in [2.75, 3.05) is 7.11 Å². The minimum Gasteiger partial charge on any atom is -0.497 e. The van der Waals surface area contributed by atoms with Crippen LogP contribution in [-0.4, -0.2) is 27.5 Å². The van der Waals surface area contributed by atoms with Gasteiger partial charge in [-0.1, -0.05) is 30.8 Å². The van der Waals surface area contributed by atoms with Gasteiger partial charge in [0.15, 0.2) is 0 Å². The molecule has 2 aromatic rings. The third kappa shape index (κ3) is 3.48. The molecule has 0 amide bonds. The smallest absolute Gasteiger partial charge is 0.208 e. The molecule has 19 heavy (non-hydrogen) atoms. The fourth-order valence-electron chi connectivity index (χ4n) is 1.71. The molecule has 6 heteroatoms. The molecule has 0 spiro atoms. The molecule has 1 heterocycles. The average molecular weight is 278 g/mol. The molecule has 0 saturated heterocycles. The number of hydrogen-bond acceptors (Lipinski definition) is 5. The van der Waals surface area contributed by atoms with E-state index in [1.807, 2.05) is 31.2 Å². The van der Waals surface area contributed by atoms with Crippen LogP contribution in [0.3, 0.4) is 0 Å². The van der Waals surface area contributed by atoms with E-state index in [2.05, 4.69) is 22.1 Å². The number of aryl methyl sites for hydroxylation is 1. The predicted octanol–water partition coefficient (Wildman–Crippen LogP) is 2.30. The minimum absolute atomic E-state index is 0.0743. The Balaban J connectivity index is 2.03. The van der Waals surface area contributed by atoms with Crippen LogP contribution in [0.4, 0.5) is 0 Å². The molecule has 1 aromatic heterocycles. The van der Waals surface area contributed by atoms with Crippen LogP contribution in [0.5, 0.6) is 5.75 Å². The Morgan fingerprint density at radius 1 is 1.32 bits per heavy atom. The summed E-state index contributed by atoms with van der Waals surface area (Å²) >= 11 is 1.57. The fraction of sp³-hybridized carbons (Fsp3) is 0.385. The van der Waals surface area contributed by atoms with Gasteiger partial charge in [-0.15, -0.1) is 5.10 Å². The van der Waals surface area contributed by atoms with E-state index < -0.39 is 0 Å². The van der Waals surface area contributed by atoms with Gasteiger partial charge in [-0.2, -0.15) is 0 Å². The predicted molar refractivity (Wildman–Crippen MR) is 76.4 cm³/mol. The van der Waals surface area contributed by atoms with Gasteiger partial charge >= 0.3 is 0 Å². The molecule has 0 radical (unpaired) electrons. The Labute approximate surface area is 117 Å². The summed E-state index contributed by atoms with van der Waals surface area (Å²) in [6.07, 6.45) is 0. The molecule has 0 saturated carbocycles. The number of nitrogens with two attached hydrogens (primary N) is 1. The lowest BCUT2D eigenvalue weighted by molar-refractivity contribution is 0.414. The maximum atomic E-state index is 6.26. The summed E-state index contributed by atoms with van der Waals surface area (Å²) in [5.41, 5.74) is 7.33. The summed E-state index contributed by atoms with van der Waals surface area (Å²) in [6, 6.07) is 7.75. The lowest BCUT2D eigenvalue weighted by Gasteiger charge is -2.18. The zero-order valence-corrected chi connectivity index (χ0v) is 12.1. The molecule has 2 unspecified atom stereocenters. The monoisotopic (exact) mass is 278 g/mol. The van der Waals surface area contributed by atoms with Gasteiger partial charge in [-0.25, -0.2) is 4.98 Å². The normalized spacial score (nSPS) is 14.1. The number of nitrogens with zero attached hydrogens (tertiary/aromatic N) is 2. The number of ether oxygens (including phenoxy) is 1. The number of aromatic amines is 1. The second-order valence-electron chi connectivity index (χ2n) is 4.33. The van der Waals surface area contributed by atoms with Crippen molar-refractivity contribution in [3.63, 3.8) is 0 Å². The summed E-state index contributed by atoms with van der Waals surface area (Å²) in [7, 11) is 1.65. The van der Waals surface area contributed by atoms with Crippen LogP contribution in [0.25, 0.3) is 0 Å². The zero-order valence-electron chi connectivity index (χ0n) is 11.3. The van der Waals surface area contributed by atoms with E-state index >= 15 is 0 Å². The molecule has 5 nitrogen and oxygen atoms in total. The van der Waals surface area contributed by atoms with Crippen LogP contribution in [0.2, 0.25) is 0 Å². The van der Waals surface area contributed by atoms with E-state index in [1.54, 1.807) is 18.9 Å². The highest BCUT2D eigenvalue weighted by Gasteiger charge is 2.18. The van der Waals surface area contributed by atoms with Crippen LogP contribution in [0.15, 0.2) is 29.4 Å². The number of H-pyrrole nitrogens is 1. The van der Waals surface area contributed by atoms with Crippen LogP contribution >= 0.6 is 11.8 Å². The lowest BCUT2D eigenvalue weighted by Crippen LogP contribution is -2.21. The third-order valence-electron chi connectivity index (χ3n) is 2.87. The van der Waals surface area contributed by atoms with Gasteiger partial charge in [-0.05, 0) is 24.6 Å². The highest BCUT2D eigenvalue weighted by atomic mass is 32.2. The summed E-state index contributed by atoms with van der Waals surface area (Å²) in [5.74, 6) is 1.65. The number of thioether (sulfide) groups is 1. The van der Waals surface area contributed by atoms with Gasteiger partial charge in [0.1, 0.15) is 11.6 Å². The molecule has 2 atom stereocenters. The quantitative estimate of drug-likeness (QED) is 0.821. The maximum Gasteiger partial charge on any atom is 0.208 e. The van der Waals surface area contributed by atoms with E-state index in [-0.39, 0.29) is 11.3 Å². The van der Waals surface area contributed by atoms with E-state index in [9.17, 15) is 0 Å². The molecule has 2 rings (SSSR count). The van der Waals surface area contributed by atoms with E-state index in [4.69, 9.17) is 10.5 Å². The van der Waals surface area contributed by atoms with E-state index in [0.29, 0.717) is 0 Å². The van der Waals surface area contributed by atoms with Crippen molar-refractivity contribution < 1.29 is 4.74 Å². The molecular formula is C13H18N4OS. The zero-order chi connectivity index (χ0) is 13.8. The van der Waals surface area contributed by atoms with Crippen molar-refractivity contribution in [1.29, 1.82) is 0 Å².